The molecular weight excluding hydrogens is 254 g/mol. The number of rotatable bonds is 6. The zero-order valence-electron chi connectivity index (χ0n) is 14.6. The summed E-state index contributed by atoms with van der Waals surface area (Å²) in [5.41, 5.74) is 3.64. The van der Waals surface area contributed by atoms with E-state index in [9.17, 15) is 0 Å². The summed E-state index contributed by atoms with van der Waals surface area (Å²) >= 11 is 0. The molecule has 1 aromatic carbocycles. The summed E-state index contributed by atoms with van der Waals surface area (Å²) < 4.78 is 0. The molecular formula is C20H33N. The molecule has 1 saturated carbocycles. The molecule has 1 aliphatic rings. The third kappa shape index (κ3) is 3.51. The number of hydrogen-bond acceptors (Lipinski definition) is 1. The van der Waals surface area contributed by atoms with Crippen LogP contribution in [0, 0.1) is 5.41 Å². The molecule has 0 amide bonds. The van der Waals surface area contributed by atoms with Crippen LogP contribution in [-0.2, 0) is 5.41 Å². The Morgan fingerprint density at radius 2 is 1.67 bits per heavy atom. The Balaban J connectivity index is 2.25. The Hall–Kier alpha value is -0.820. The molecule has 1 aliphatic carbocycles. The van der Waals surface area contributed by atoms with Gasteiger partial charge in [0.2, 0.25) is 0 Å². The first-order valence-corrected chi connectivity index (χ1v) is 8.77. The molecule has 0 saturated heterocycles. The standard InChI is InChI=1S/C20H33N/c1-6-19(3,4)17-12-10-16(11-13-17)18(21-7-2)20(5)14-8-9-15-20/h10-13,18,21H,6-9,14-15H2,1-5H3. The molecule has 118 valence electrons. The van der Waals surface area contributed by atoms with Gasteiger partial charge in [-0.15, -0.1) is 0 Å². The third-order valence-electron chi connectivity index (χ3n) is 5.76. The molecule has 1 heteroatoms. The van der Waals surface area contributed by atoms with Crippen molar-refractivity contribution in [1.82, 2.24) is 5.32 Å². The summed E-state index contributed by atoms with van der Waals surface area (Å²) in [5, 5.41) is 3.75. The van der Waals surface area contributed by atoms with Gasteiger partial charge < -0.3 is 5.32 Å². The highest BCUT2D eigenvalue weighted by atomic mass is 14.9. The largest absolute Gasteiger partial charge is 0.310 e. The van der Waals surface area contributed by atoms with Crippen molar-refractivity contribution in [3.05, 3.63) is 35.4 Å². The van der Waals surface area contributed by atoms with Crippen molar-refractivity contribution < 1.29 is 0 Å². The maximum atomic E-state index is 3.75. The molecule has 21 heavy (non-hydrogen) atoms. The van der Waals surface area contributed by atoms with Gasteiger partial charge in [0.15, 0.2) is 0 Å². The second-order valence-electron chi connectivity index (χ2n) is 7.71. The molecule has 1 nitrogen and oxygen atoms in total. The van der Waals surface area contributed by atoms with Crippen LogP contribution in [0.15, 0.2) is 24.3 Å². The van der Waals surface area contributed by atoms with Crippen LogP contribution in [0.25, 0.3) is 0 Å². The second-order valence-corrected chi connectivity index (χ2v) is 7.71. The van der Waals surface area contributed by atoms with Crippen LogP contribution in [0.1, 0.15) is 83.9 Å². The van der Waals surface area contributed by atoms with Crippen LogP contribution in [0.3, 0.4) is 0 Å². The molecule has 0 radical (unpaired) electrons. The van der Waals surface area contributed by atoms with E-state index in [0.717, 1.165) is 6.54 Å². The smallest absolute Gasteiger partial charge is 0.0374 e. The van der Waals surface area contributed by atoms with E-state index in [-0.39, 0.29) is 5.41 Å². The monoisotopic (exact) mass is 287 g/mol. The molecule has 1 unspecified atom stereocenters. The SMILES string of the molecule is CCNC(c1ccc(C(C)(C)CC)cc1)C1(C)CCCC1. The normalized spacial score (nSPS) is 19.7. The fourth-order valence-electron chi connectivity index (χ4n) is 3.77. The maximum absolute atomic E-state index is 3.75. The predicted octanol–water partition coefficient (Wildman–Crippen LogP) is 5.61. The Bertz CT molecular complexity index is 437. The van der Waals surface area contributed by atoms with Crippen LogP contribution in [0.4, 0.5) is 0 Å². The van der Waals surface area contributed by atoms with Gasteiger partial charge in [-0.1, -0.05) is 71.7 Å². The summed E-state index contributed by atoms with van der Waals surface area (Å²) in [5.74, 6) is 0. The van der Waals surface area contributed by atoms with Crippen molar-refractivity contribution >= 4 is 0 Å². The lowest BCUT2D eigenvalue weighted by Crippen LogP contribution is -2.34. The minimum Gasteiger partial charge on any atom is -0.310 e. The van der Waals surface area contributed by atoms with Crippen molar-refractivity contribution in [2.45, 2.75) is 78.2 Å². The van der Waals surface area contributed by atoms with Crippen LogP contribution in [0.5, 0.6) is 0 Å². The van der Waals surface area contributed by atoms with Crippen LogP contribution in [0.2, 0.25) is 0 Å². The van der Waals surface area contributed by atoms with E-state index in [2.05, 4.69) is 64.2 Å². The molecule has 1 atom stereocenters. The fourth-order valence-corrected chi connectivity index (χ4v) is 3.77. The van der Waals surface area contributed by atoms with E-state index in [4.69, 9.17) is 0 Å². The molecule has 1 fully saturated rings. The van der Waals surface area contributed by atoms with Crippen LogP contribution < -0.4 is 5.32 Å². The van der Waals surface area contributed by atoms with E-state index in [0.29, 0.717) is 11.5 Å². The van der Waals surface area contributed by atoms with E-state index < -0.39 is 0 Å². The van der Waals surface area contributed by atoms with Crippen molar-refractivity contribution in [3.63, 3.8) is 0 Å². The summed E-state index contributed by atoms with van der Waals surface area (Å²) in [6.45, 7) is 12.7. The molecule has 1 aromatic rings. The van der Waals surface area contributed by atoms with E-state index in [1.54, 1.807) is 0 Å². The predicted molar refractivity (Wildman–Crippen MR) is 92.8 cm³/mol. The van der Waals surface area contributed by atoms with Crippen LogP contribution in [-0.4, -0.2) is 6.54 Å². The fraction of sp³-hybridized carbons (Fsp3) is 0.700. The van der Waals surface area contributed by atoms with E-state index in [1.165, 1.54) is 43.2 Å². The Kier molecular flexibility index (Phi) is 5.14. The zero-order valence-corrected chi connectivity index (χ0v) is 14.6. The first kappa shape index (κ1) is 16.5. The van der Waals surface area contributed by atoms with Gasteiger partial charge in [-0.2, -0.15) is 0 Å². The Morgan fingerprint density at radius 3 is 2.14 bits per heavy atom. The van der Waals surface area contributed by atoms with Crippen molar-refractivity contribution in [2.75, 3.05) is 6.54 Å². The summed E-state index contributed by atoms with van der Waals surface area (Å²) in [6, 6.07) is 9.93. The van der Waals surface area contributed by atoms with E-state index >= 15 is 0 Å². The first-order chi connectivity index (χ1) is 9.93. The lowest BCUT2D eigenvalue weighted by molar-refractivity contribution is 0.226. The molecule has 2 rings (SSSR count). The topological polar surface area (TPSA) is 12.0 Å². The van der Waals surface area contributed by atoms with Gasteiger partial charge in [0.25, 0.3) is 0 Å². The van der Waals surface area contributed by atoms with Gasteiger partial charge in [0, 0.05) is 6.04 Å². The lowest BCUT2D eigenvalue weighted by atomic mass is 9.76. The van der Waals surface area contributed by atoms with E-state index in [1.807, 2.05) is 0 Å². The van der Waals surface area contributed by atoms with Crippen molar-refractivity contribution in [2.24, 2.45) is 5.41 Å². The summed E-state index contributed by atoms with van der Waals surface area (Å²) in [7, 11) is 0. The highest BCUT2D eigenvalue weighted by molar-refractivity contribution is 5.31. The van der Waals surface area contributed by atoms with Gasteiger partial charge in [-0.25, -0.2) is 0 Å². The number of benzene rings is 1. The van der Waals surface area contributed by atoms with Gasteiger partial charge in [-0.05, 0) is 47.8 Å². The Labute approximate surface area is 131 Å². The van der Waals surface area contributed by atoms with Crippen molar-refractivity contribution in [3.8, 4) is 0 Å². The third-order valence-corrected chi connectivity index (χ3v) is 5.76. The van der Waals surface area contributed by atoms with Gasteiger partial charge >= 0.3 is 0 Å². The average Bonchev–Trinajstić information content (AvgIpc) is 2.92. The molecule has 0 heterocycles. The van der Waals surface area contributed by atoms with Gasteiger partial charge in [0.05, 0.1) is 0 Å². The molecule has 1 N–H and O–H groups in total. The zero-order chi connectivity index (χ0) is 15.5. The molecule has 0 bridgehead atoms. The second kappa shape index (κ2) is 6.52. The van der Waals surface area contributed by atoms with Crippen molar-refractivity contribution in [1.29, 1.82) is 0 Å². The lowest BCUT2D eigenvalue weighted by Gasteiger charge is -2.35. The number of nitrogens with one attached hydrogen (secondary N) is 1. The highest BCUT2D eigenvalue weighted by Crippen LogP contribution is 2.47. The Morgan fingerprint density at radius 1 is 1.10 bits per heavy atom. The van der Waals surface area contributed by atoms with Gasteiger partial charge in [-0.3, -0.25) is 0 Å². The highest BCUT2D eigenvalue weighted by Gasteiger charge is 2.37. The summed E-state index contributed by atoms with van der Waals surface area (Å²) in [6.07, 6.45) is 6.67. The molecule has 0 spiro atoms. The molecule has 0 aliphatic heterocycles. The summed E-state index contributed by atoms with van der Waals surface area (Å²) in [4.78, 5) is 0. The van der Waals surface area contributed by atoms with Gasteiger partial charge in [0.1, 0.15) is 0 Å². The minimum atomic E-state index is 0.281. The molecule has 0 aromatic heterocycles. The number of hydrogen-bond donors (Lipinski definition) is 1. The quantitative estimate of drug-likeness (QED) is 0.717. The average molecular weight is 287 g/mol. The van der Waals surface area contributed by atoms with Crippen LogP contribution >= 0.6 is 0 Å². The minimum absolute atomic E-state index is 0.281. The first-order valence-electron chi connectivity index (χ1n) is 8.77. The maximum Gasteiger partial charge on any atom is 0.0374 e.